The third-order valence-corrected chi connectivity index (χ3v) is 2.05. The van der Waals surface area contributed by atoms with Gasteiger partial charge in [0, 0.05) is 17.7 Å². The molecule has 1 aromatic heterocycles. The first-order chi connectivity index (χ1) is 6.77. The molecule has 0 amide bonds. The molecule has 0 atom stereocenters. The molecule has 2 heteroatoms. The zero-order valence-corrected chi connectivity index (χ0v) is 7.94. The maximum absolute atomic E-state index is 9.19. The molecule has 0 bridgehead atoms. The van der Waals surface area contributed by atoms with Gasteiger partial charge < -0.3 is 5.11 Å². The van der Waals surface area contributed by atoms with E-state index in [1.807, 2.05) is 30.3 Å². The van der Waals surface area contributed by atoms with E-state index in [2.05, 4.69) is 4.98 Å². The van der Waals surface area contributed by atoms with E-state index >= 15 is 0 Å². The molecule has 0 aliphatic carbocycles. The zero-order chi connectivity index (χ0) is 9.97. The Morgan fingerprint density at radius 2 is 2.07 bits per heavy atom. The van der Waals surface area contributed by atoms with Crippen molar-refractivity contribution in [2.24, 2.45) is 0 Å². The Hall–Kier alpha value is -1.83. The van der Waals surface area contributed by atoms with Gasteiger partial charge in [-0.2, -0.15) is 0 Å². The molecular weight excluding hydrogens is 174 g/mol. The van der Waals surface area contributed by atoms with Gasteiger partial charge in [-0.3, -0.25) is 4.98 Å². The molecule has 0 unspecified atom stereocenters. The van der Waals surface area contributed by atoms with Crippen molar-refractivity contribution in [2.75, 3.05) is 0 Å². The first-order valence-corrected chi connectivity index (χ1v) is 4.48. The van der Waals surface area contributed by atoms with Crippen molar-refractivity contribution in [3.8, 4) is 0 Å². The second kappa shape index (κ2) is 3.50. The van der Waals surface area contributed by atoms with Crippen molar-refractivity contribution in [1.29, 1.82) is 0 Å². The summed E-state index contributed by atoms with van der Waals surface area (Å²) in [7, 11) is 0. The lowest BCUT2D eigenvalue weighted by Crippen LogP contribution is -1.84. The second-order valence-corrected chi connectivity index (χ2v) is 3.20. The van der Waals surface area contributed by atoms with Crippen LogP contribution in [0.2, 0.25) is 0 Å². The normalized spacial score (nSPS) is 11.9. The minimum atomic E-state index is 0.272. The summed E-state index contributed by atoms with van der Waals surface area (Å²) < 4.78 is 0. The number of rotatable bonds is 1. The van der Waals surface area contributed by atoms with Gasteiger partial charge in [0.05, 0.1) is 11.5 Å². The second-order valence-electron chi connectivity index (χ2n) is 3.20. The fourth-order valence-electron chi connectivity index (χ4n) is 1.46. The van der Waals surface area contributed by atoms with E-state index in [0.29, 0.717) is 0 Å². The van der Waals surface area contributed by atoms with Gasteiger partial charge in [-0.05, 0) is 18.4 Å². The summed E-state index contributed by atoms with van der Waals surface area (Å²) in [5.74, 6) is 0.272. The number of fused-ring (bicyclic) bond motifs is 1. The third kappa shape index (κ3) is 1.59. The molecule has 1 heterocycles. The van der Waals surface area contributed by atoms with Gasteiger partial charge in [0.2, 0.25) is 0 Å². The maximum Gasteiger partial charge on any atom is 0.0913 e. The molecule has 0 saturated heterocycles. The van der Waals surface area contributed by atoms with Crippen LogP contribution in [0.1, 0.15) is 12.6 Å². The number of allylic oxidation sites excluding steroid dienone is 1. The Morgan fingerprint density at radius 3 is 2.86 bits per heavy atom. The lowest BCUT2D eigenvalue weighted by Gasteiger charge is -2.00. The monoisotopic (exact) mass is 185 g/mol. The van der Waals surface area contributed by atoms with Crippen molar-refractivity contribution in [1.82, 2.24) is 4.98 Å². The minimum absolute atomic E-state index is 0.272. The highest BCUT2D eigenvalue weighted by Gasteiger charge is 1.98. The molecule has 1 N–H and O–H groups in total. The number of aromatic nitrogens is 1. The highest BCUT2D eigenvalue weighted by Crippen LogP contribution is 2.17. The first-order valence-electron chi connectivity index (χ1n) is 4.48. The number of nitrogens with zero attached hydrogens (tertiary/aromatic N) is 1. The van der Waals surface area contributed by atoms with E-state index in [9.17, 15) is 5.11 Å². The Balaban J connectivity index is 2.71. The SMILES string of the molecule is C/C(O)=C/c1nccc2ccccc12. The van der Waals surface area contributed by atoms with Gasteiger partial charge in [-0.25, -0.2) is 0 Å². The molecule has 2 aromatic rings. The van der Waals surface area contributed by atoms with Gasteiger partial charge in [-0.1, -0.05) is 24.3 Å². The van der Waals surface area contributed by atoms with Gasteiger partial charge in [0.15, 0.2) is 0 Å². The van der Waals surface area contributed by atoms with Crippen LogP contribution in [0.5, 0.6) is 0 Å². The van der Waals surface area contributed by atoms with E-state index in [4.69, 9.17) is 0 Å². The van der Waals surface area contributed by atoms with Crippen LogP contribution in [-0.4, -0.2) is 10.1 Å². The number of hydrogen-bond acceptors (Lipinski definition) is 2. The fraction of sp³-hybridized carbons (Fsp3) is 0.0833. The summed E-state index contributed by atoms with van der Waals surface area (Å²) in [4.78, 5) is 4.21. The summed E-state index contributed by atoms with van der Waals surface area (Å²) in [6, 6.07) is 9.94. The summed E-state index contributed by atoms with van der Waals surface area (Å²) in [5.41, 5.74) is 0.808. The van der Waals surface area contributed by atoms with Gasteiger partial charge in [0.1, 0.15) is 0 Å². The van der Waals surface area contributed by atoms with E-state index in [1.165, 1.54) is 0 Å². The highest BCUT2D eigenvalue weighted by atomic mass is 16.3. The van der Waals surface area contributed by atoms with Crippen molar-refractivity contribution in [2.45, 2.75) is 6.92 Å². The van der Waals surface area contributed by atoms with Gasteiger partial charge in [-0.15, -0.1) is 0 Å². The largest absolute Gasteiger partial charge is 0.513 e. The number of pyridine rings is 1. The van der Waals surface area contributed by atoms with Crippen LogP contribution in [0.4, 0.5) is 0 Å². The van der Waals surface area contributed by atoms with Crippen LogP contribution < -0.4 is 0 Å². The summed E-state index contributed by atoms with van der Waals surface area (Å²) in [6.07, 6.45) is 3.42. The molecule has 2 nitrogen and oxygen atoms in total. The molecular formula is C12H11NO. The van der Waals surface area contributed by atoms with Crippen LogP contribution in [0, 0.1) is 0 Å². The lowest BCUT2D eigenvalue weighted by molar-refractivity contribution is 0.419. The van der Waals surface area contributed by atoms with Crippen LogP contribution in [-0.2, 0) is 0 Å². The molecule has 0 aliphatic heterocycles. The Bertz CT molecular complexity index is 479. The van der Waals surface area contributed by atoms with Crippen molar-refractivity contribution >= 4 is 16.8 Å². The molecule has 1 aromatic carbocycles. The average Bonchev–Trinajstić information content (AvgIpc) is 2.18. The van der Waals surface area contributed by atoms with Gasteiger partial charge in [0.25, 0.3) is 0 Å². The van der Waals surface area contributed by atoms with Crippen LogP contribution in [0.3, 0.4) is 0 Å². The topological polar surface area (TPSA) is 33.1 Å². The number of aliphatic hydroxyl groups is 1. The number of hydrogen-bond donors (Lipinski definition) is 1. The number of aliphatic hydroxyl groups excluding tert-OH is 1. The molecule has 70 valence electrons. The molecule has 0 fully saturated rings. The smallest absolute Gasteiger partial charge is 0.0913 e. The highest BCUT2D eigenvalue weighted by molar-refractivity contribution is 5.88. The standard InChI is InChI=1S/C12H11NO/c1-9(14)8-12-11-5-3-2-4-10(11)6-7-13-12/h2-8,14H,1H3/b9-8-. The zero-order valence-electron chi connectivity index (χ0n) is 7.94. The summed E-state index contributed by atoms with van der Waals surface area (Å²) in [5, 5.41) is 11.4. The van der Waals surface area contributed by atoms with Crippen molar-refractivity contribution in [3.63, 3.8) is 0 Å². The molecule has 2 rings (SSSR count). The Morgan fingerprint density at radius 1 is 1.29 bits per heavy atom. The molecule has 0 saturated carbocycles. The van der Waals surface area contributed by atoms with Crippen LogP contribution in [0.15, 0.2) is 42.3 Å². The summed E-state index contributed by atoms with van der Waals surface area (Å²) in [6.45, 7) is 1.64. The van der Waals surface area contributed by atoms with E-state index in [-0.39, 0.29) is 5.76 Å². The first kappa shape index (κ1) is 8.75. The third-order valence-electron chi connectivity index (χ3n) is 2.05. The van der Waals surface area contributed by atoms with E-state index < -0.39 is 0 Å². The van der Waals surface area contributed by atoms with Crippen molar-refractivity contribution in [3.05, 3.63) is 48.0 Å². The Labute approximate surface area is 82.5 Å². The lowest BCUT2D eigenvalue weighted by atomic mass is 10.1. The van der Waals surface area contributed by atoms with Gasteiger partial charge >= 0.3 is 0 Å². The minimum Gasteiger partial charge on any atom is -0.513 e. The number of benzene rings is 1. The molecule has 0 spiro atoms. The predicted molar refractivity (Wildman–Crippen MR) is 58.0 cm³/mol. The molecule has 14 heavy (non-hydrogen) atoms. The van der Waals surface area contributed by atoms with E-state index in [1.54, 1.807) is 19.2 Å². The van der Waals surface area contributed by atoms with E-state index in [0.717, 1.165) is 16.5 Å². The predicted octanol–water partition coefficient (Wildman–Crippen LogP) is 3.15. The fourth-order valence-corrected chi connectivity index (χ4v) is 1.46. The van der Waals surface area contributed by atoms with Crippen LogP contribution in [0.25, 0.3) is 16.8 Å². The average molecular weight is 185 g/mol. The quantitative estimate of drug-likeness (QED) is 0.692. The summed E-state index contributed by atoms with van der Waals surface area (Å²) >= 11 is 0. The van der Waals surface area contributed by atoms with Crippen molar-refractivity contribution < 1.29 is 5.11 Å². The Kier molecular flexibility index (Phi) is 2.19. The molecule has 0 radical (unpaired) electrons. The molecule has 0 aliphatic rings. The van der Waals surface area contributed by atoms with Crippen LogP contribution >= 0.6 is 0 Å². The maximum atomic E-state index is 9.19.